The molecule has 0 bridgehead atoms. The molecule has 4 amide bonds. The van der Waals surface area contributed by atoms with E-state index in [4.69, 9.17) is 11.5 Å². The Kier molecular flexibility index (Phi) is 12.9. The van der Waals surface area contributed by atoms with Crippen molar-refractivity contribution in [2.45, 2.75) is 96.9 Å². The van der Waals surface area contributed by atoms with Crippen molar-refractivity contribution in [1.29, 1.82) is 0 Å². The Morgan fingerprint density at radius 3 is 2.14 bits per heavy atom. The molecule has 1 heterocycles. The average molecular weight is 496 g/mol. The maximum Gasteiger partial charge on any atom is 0.245 e. The number of nitrogens with zero attached hydrogens (tertiary/aromatic N) is 1. The Labute approximate surface area is 208 Å². The molecule has 1 radical (unpaired) electrons. The van der Waals surface area contributed by atoms with Crippen LogP contribution in [0.1, 0.15) is 66.7 Å². The predicted octanol–water partition coefficient (Wildman–Crippen LogP) is -0.670. The first-order valence-electron chi connectivity index (χ1n) is 12.5. The van der Waals surface area contributed by atoms with Gasteiger partial charge in [-0.05, 0) is 57.4 Å². The Morgan fingerprint density at radius 1 is 0.971 bits per heavy atom. The molecule has 0 aromatic carbocycles. The number of nitrogens with two attached hydrogens (primary N) is 2. The van der Waals surface area contributed by atoms with Crippen molar-refractivity contribution < 1.29 is 24.0 Å². The third-order valence-corrected chi connectivity index (χ3v) is 6.15. The van der Waals surface area contributed by atoms with Gasteiger partial charge in [0.25, 0.3) is 0 Å². The van der Waals surface area contributed by atoms with E-state index in [1.165, 1.54) is 11.8 Å². The smallest absolute Gasteiger partial charge is 0.245 e. The average Bonchev–Trinajstić information content (AvgIpc) is 3.29. The SMILES string of the molecule is CC(C)[C@H](NC(=O)[C@@H]1CCCN1C(=O)[C@H](CCCCN)NC(=O)[C@@H](C)N)C(=O)N[C@H]([C]=O)C(C)C. The van der Waals surface area contributed by atoms with Crippen molar-refractivity contribution in [3.63, 3.8) is 0 Å². The number of likely N-dealkylation sites (tertiary alicyclic amines) is 1. The van der Waals surface area contributed by atoms with E-state index in [9.17, 15) is 24.0 Å². The maximum atomic E-state index is 13.4. The summed E-state index contributed by atoms with van der Waals surface area (Å²) >= 11 is 0. The fraction of sp³-hybridized carbons (Fsp3) is 0.792. The van der Waals surface area contributed by atoms with Crippen LogP contribution in [-0.4, -0.2) is 78.1 Å². The van der Waals surface area contributed by atoms with Crippen LogP contribution in [0.4, 0.5) is 0 Å². The molecule has 35 heavy (non-hydrogen) atoms. The Morgan fingerprint density at radius 2 is 1.63 bits per heavy atom. The maximum absolute atomic E-state index is 13.4. The number of amides is 4. The number of unbranched alkanes of at least 4 members (excludes halogenated alkanes) is 1. The van der Waals surface area contributed by atoms with Crippen LogP contribution in [0, 0.1) is 11.8 Å². The summed E-state index contributed by atoms with van der Waals surface area (Å²) < 4.78 is 0. The molecule has 1 rings (SSSR count). The highest BCUT2D eigenvalue weighted by atomic mass is 16.2. The molecule has 0 aliphatic carbocycles. The summed E-state index contributed by atoms with van der Waals surface area (Å²) in [5.74, 6) is -2.12. The van der Waals surface area contributed by atoms with Gasteiger partial charge in [0.05, 0.1) is 12.1 Å². The van der Waals surface area contributed by atoms with E-state index in [2.05, 4.69) is 16.0 Å². The summed E-state index contributed by atoms with van der Waals surface area (Å²) in [5.41, 5.74) is 11.2. The quantitative estimate of drug-likeness (QED) is 0.198. The number of carbonyl (C=O) groups is 4. The number of hydrogen-bond acceptors (Lipinski definition) is 7. The molecule has 199 valence electrons. The van der Waals surface area contributed by atoms with Gasteiger partial charge in [-0.1, -0.05) is 27.7 Å². The molecule has 0 aromatic rings. The van der Waals surface area contributed by atoms with Gasteiger partial charge in [-0.3, -0.25) is 24.0 Å². The molecule has 0 saturated carbocycles. The number of rotatable bonds is 14. The number of carbonyl (C=O) groups excluding carboxylic acids is 5. The van der Waals surface area contributed by atoms with Crippen molar-refractivity contribution in [2.75, 3.05) is 13.1 Å². The zero-order chi connectivity index (χ0) is 26.7. The molecular formula is C24H43N6O5. The van der Waals surface area contributed by atoms with E-state index in [1.54, 1.807) is 27.7 Å². The lowest BCUT2D eigenvalue weighted by Gasteiger charge is -2.31. The zero-order valence-electron chi connectivity index (χ0n) is 21.6. The topological polar surface area (TPSA) is 177 Å². The van der Waals surface area contributed by atoms with E-state index < -0.39 is 47.9 Å². The first-order chi connectivity index (χ1) is 16.4. The van der Waals surface area contributed by atoms with Gasteiger partial charge in [0.1, 0.15) is 18.1 Å². The summed E-state index contributed by atoms with van der Waals surface area (Å²) in [6, 6.07) is -4.02. The number of nitrogens with one attached hydrogen (secondary N) is 3. The second-order valence-corrected chi connectivity index (χ2v) is 9.90. The van der Waals surface area contributed by atoms with Crippen LogP contribution in [0.5, 0.6) is 0 Å². The van der Waals surface area contributed by atoms with Crippen LogP contribution in [0.25, 0.3) is 0 Å². The van der Waals surface area contributed by atoms with Crippen molar-refractivity contribution in [2.24, 2.45) is 23.3 Å². The minimum absolute atomic E-state index is 0.148. The van der Waals surface area contributed by atoms with Gasteiger partial charge in [-0.2, -0.15) is 0 Å². The molecule has 0 unspecified atom stereocenters. The Balaban J connectivity index is 2.98. The normalized spacial score (nSPS) is 19.1. The fourth-order valence-corrected chi connectivity index (χ4v) is 3.92. The van der Waals surface area contributed by atoms with Gasteiger partial charge in [-0.25, -0.2) is 0 Å². The second-order valence-electron chi connectivity index (χ2n) is 9.90. The lowest BCUT2D eigenvalue weighted by molar-refractivity contribution is -0.142. The molecule has 0 spiro atoms. The molecule has 1 fully saturated rings. The van der Waals surface area contributed by atoms with Crippen LogP contribution in [0.3, 0.4) is 0 Å². The first kappa shape index (κ1) is 30.5. The summed E-state index contributed by atoms with van der Waals surface area (Å²) in [7, 11) is 0. The summed E-state index contributed by atoms with van der Waals surface area (Å²) in [6.07, 6.45) is 4.59. The van der Waals surface area contributed by atoms with Gasteiger partial charge in [0.2, 0.25) is 29.9 Å². The monoisotopic (exact) mass is 495 g/mol. The molecule has 1 aliphatic rings. The lowest BCUT2D eigenvalue weighted by Crippen LogP contribution is -2.58. The molecular weight excluding hydrogens is 452 g/mol. The highest BCUT2D eigenvalue weighted by Gasteiger charge is 2.39. The van der Waals surface area contributed by atoms with Gasteiger partial charge in [-0.15, -0.1) is 0 Å². The van der Waals surface area contributed by atoms with Crippen molar-refractivity contribution in [3.05, 3.63) is 0 Å². The zero-order valence-corrected chi connectivity index (χ0v) is 21.6. The largest absolute Gasteiger partial charge is 0.344 e. The van der Waals surface area contributed by atoms with Gasteiger partial charge in [0, 0.05) is 6.54 Å². The molecule has 5 atom stereocenters. The Bertz CT molecular complexity index is 742. The minimum atomic E-state index is -0.882. The second kappa shape index (κ2) is 14.8. The fourth-order valence-electron chi connectivity index (χ4n) is 3.92. The van der Waals surface area contributed by atoms with E-state index >= 15 is 0 Å². The van der Waals surface area contributed by atoms with Crippen molar-refractivity contribution >= 4 is 29.9 Å². The third-order valence-electron chi connectivity index (χ3n) is 6.15. The van der Waals surface area contributed by atoms with Gasteiger partial charge >= 0.3 is 0 Å². The third kappa shape index (κ3) is 9.21. The van der Waals surface area contributed by atoms with Gasteiger partial charge in [0.15, 0.2) is 0 Å². The van der Waals surface area contributed by atoms with Crippen molar-refractivity contribution in [3.8, 4) is 0 Å². The minimum Gasteiger partial charge on any atom is -0.344 e. The van der Waals surface area contributed by atoms with Crippen LogP contribution >= 0.6 is 0 Å². The van der Waals surface area contributed by atoms with Crippen molar-refractivity contribution in [1.82, 2.24) is 20.9 Å². The molecule has 1 saturated heterocycles. The molecule has 1 aliphatic heterocycles. The standard InChI is InChI=1S/C24H43N6O5/c1-14(2)18(13-31)28-23(34)20(15(3)4)29-22(33)19-10-8-12-30(19)24(35)17(9-6-7-11-25)27-21(32)16(5)26/h14-20H,6-12,25-26H2,1-5H3,(H,27,32)(H,28,34)(H,29,33)/t16-,17+,18-,19+,20+/m1/s1. The van der Waals surface area contributed by atoms with E-state index in [0.717, 1.165) is 0 Å². The van der Waals surface area contributed by atoms with Crippen LogP contribution in [-0.2, 0) is 24.0 Å². The molecule has 11 nitrogen and oxygen atoms in total. The molecule has 7 N–H and O–H groups in total. The van der Waals surface area contributed by atoms with Crippen LogP contribution < -0.4 is 27.4 Å². The summed E-state index contributed by atoms with van der Waals surface area (Å²) in [6.45, 7) is 9.51. The summed E-state index contributed by atoms with van der Waals surface area (Å²) in [4.78, 5) is 64.2. The van der Waals surface area contributed by atoms with E-state index in [0.29, 0.717) is 45.2 Å². The predicted molar refractivity (Wildman–Crippen MR) is 132 cm³/mol. The van der Waals surface area contributed by atoms with Crippen LogP contribution in [0.15, 0.2) is 0 Å². The summed E-state index contributed by atoms with van der Waals surface area (Å²) in [5, 5.41) is 8.09. The van der Waals surface area contributed by atoms with Crippen LogP contribution in [0.2, 0.25) is 0 Å². The highest BCUT2D eigenvalue weighted by Crippen LogP contribution is 2.21. The Hall–Kier alpha value is -2.53. The molecule has 11 heteroatoms. The van der Waals surface area contributed by atoms with Gasteiger partial charge < -0.3 is 32.3 Å². The highest BCUT2D eigenvalue weighted by molar-refractivity contribution is 5.95. The van der Waals surface area contributed by atoms with E-state index in [-0.39, 0.29) is 17.7 Å². The lowest BCUT2D eigenvalue weighted by atomic mass is 10.00. The van der Waals surface area contributed by atoms with E-state index in [1.807, 2.05) is 6.29 Å². The molecule has 0 aromatic heterocycles. The number of hydrogen-bond donors (Lipinski definition) is 5. The first-order valence-corrected chi connectivity index (χ1v) is 12.5.